The Kier molecular flexibility index (Phi) is 2.93. The Labute approximate surface area is 118 Å². The highest BCUT2D eigenvalue weighted by atomic mass is 35.5. The van der Waals surface area contributed by atoms with Crippen molar-refractivity contribution in [2.45, 2.75) is 0 Å². The van der Waals surface area contributed by atoms with E-state index in [2.05, 4.69) is 9.97 Å². The van der Waals surface area contributed by atoms with Crippen LogP contribution in [-0.4, -0.2) is 14.4 Å². The summed E-state index contributed by atoms with van der Waals surface area (Å²) in [5.74, 6) is 0.991. The number of rotatable bonds is 2. The van der Waals surface area contributed by atoms with Gasteiger partial charge >= 0.3 is 0 Å². The van der Waals surface area contributed by atoms with Crippen molar-refractivity contribution in [3.8, 4) is 11.6 Å². The van der Waals surface area contributed by atoms with Gasteiger partial charge in [0.2, 0.25) is 5.65 Å². The highest BCUT2D eigenvalue weighted by molar-refractivity contribution is 6.34. The summed E-state index contributed by atoms with van der Waals surface area (Å²) in [5, 5.41) is 0.945. The van der Waals surface area contributed by atoms with Crippen LogP contribution in [0.15, 0.2) is 36.8 Å². The van der Waals surface area contributed by atoms with E-state index in [0.29, 0.717) is 27.3 Å². The van der Waals surface area contributed by atoms with Gasteiger partial charge in [0, 0.05) is 23.5 Å². The van der Waals surface area contributed by atoms with Crippen LogP contribution in [0.25, 0.3) is 5.65 Å². The molecular weight excluding hydrogens is 287 g/mol. The van der Waals surface area contributed by atoms with Gasteiger partial charge in [0.25, 0.3) is 5.88 Å². The number of nitrogens with zero attached hydrogens (tertiary/aromatic N) is 3. The Hall–Kier alpha value is -1.98. The van der Waals surface area contributed by atoms with E-state index in [1.165, 1.54) is 0 Å². The van der Waals surface area contributed by atoms with Gasteiger partial charge in [0.05, 0.1) is 11.2 Å². The normalized spacial score (nSPS) is 10.8. The zero-order chi connectivity index (χ0) is 13.4. The maximum atomic E-state index is 6.04. The lowest BCUT2D eigenvalue weighted by molar-refractivity contribution is 0.466. The topological polar surface area (TPSA) is 65.4 Å². The number of aromatic nitrogens is 3. The van der Waals surface area contributed by atoms with Crippen LogP contribution in [0.1, 0.15) is 0 Å². The molecule has 0 bridgehead atoms. The Morgan fingerprint density at radius 3 is 2.95 bits per heavy atom. The summed E-state index contributed by atoms with van der Waals surface area (Å²) in [7, 11) is 0. The largest absolute Gasteiger partial charge is 0.434 e. The van der Waals surface area contributed by atoms with Crippen LogP contribution in [0.2, 0.25) is 10.0 Å². The highest BCUT2D eigenvalue weighted by Gasteiger charge is 2.11. The van der Waals surface area contributed by atoms with Gasteiger partial charge in [-0.15, -0.1) is 0 Å². The van der Waals surface area contributed by atoms with Gasteiger partial charge in [-0.2, -0.15) is 4.98 Å². The van der Waals surface area contributed by atoms with E-state index < -0.39 is 0 Å². The number of imidazole rings is 1. The first-order valence-electron chi connectivity index (χ1n) is 5.35. The molecule has 96 valence electrons. The lowest BCUT2D eigenvalue weighted by atomic mass is 10.3. The molecule has 2 heterocycles. The van der Waals surface area contributed by atoms with Crippen molar-refractivity contribution >= 4 is 34.7 Å². The minimum atomic E-state index is 0.272. The number of nitrogen functional groups attached to an aromatic ring is 1. The van der Waals surface area contributed by atoms with Gasteiger partial charge in [0.1, 0.15) is 11.6 Å². The summed E-state index contributed by atoms with van der Waals surface area (Å²) in [6, 6.07) is 4.93. The molecule has 5 nitrogen and oxygen atoms in total. The van der Waals surface area contributed by atoms with Crippen LogP contribution in [0.5, 0.6) is 11.6 Å². The molecule has 0 aliphatic heterocycles. The summed E-state index contributed by atoms with van der Waals surface area (Å²) in [6.45, 7) is 0. The SMILES string of the molecule is Nc1cn2ccnc2c(Oc2cc(Cl)ccc2Cl)n1. The molecule has 0 radical (unpaired) electrons. The van der Waals surface area contributed by atoms with E-state index >= 15 is 0 Å². The van der Waals surface area contributed by atoms with E-state index in [0.717, 1.165) is 0 Å². The lowest BCUT2D eigenvalue weighted by Crippen LogP contribution is -1.99. The van der Waals surface area contributed by atoms with E-state index in [1.807, 2.05) is 0 Å². The van der Waals surface area contributed by atoms with Crippen LogP contribution in [0.3, 0.4) is 0 Å². The molecule has 0 amide bonds. The van der Waals surface area contributed by atoms with Crippen molar-refractivity contribution in [2.24, 2.45) is 0 Å². The third-order valence-electron chi connectivity index (χ3n) is 2.46. The van der Waals surface area contributed by atoms with Crippen LogP contribution >= 0.6 is 23.2 Å². The van der Waals surface area contributed by atoms with Gasteiger partial charge in [-0.3, -0.25) is 4.40 Å². The van der Waals surface area contributed by atoms with Crippen LogP contribution < -0.4 is 10.5 Å². The molecule has 0 atom stereocenters. The first-order valence-corrected chi connectivity index (χ1v) is 6.11. The van der Waals surface area contributed by atoms with E-state index in [9.17, 15) is 0 Å². The third kappa shape index (κ3) is 2.30. The van der Waals surface area contributed by atoms with Crippen LogP contribution in [-0.2, 0) is 0 Å². The smallest absolute Gasteiger partial charge is 0.265 e. The number of fused-ring (bicyclic) bond motifs is 1. The molecular formula is C12H8Cl2N4O. The van der Waals surface area contributed by atoms with Gasteiger partial charge in [-0.05, 0) is 12.1 Å². The predicted octanol–water partition coefficient (Wildman–Crippen LogP) is 3.41. The summed E-state index contributed by atoms with van der Waals surface area (Å²) in [5.41, 5.74) is 6.25. The second-order valence-corrected chi connectivity index (χ2v) is 4.65. The molecule has 3 aromatic rings. The number of hydrogen-bond acceptors (Lipinski definition) is 4. The van der Waals surface area contributed by atoms with Crippen molar-refractivity contribution in [3.05, 3.63) is 46.8 Å². The molecule has 7 heteroatoms. The van der Waals surface area contributed by atoms with Gasteiger partial charge in [-0.1, -0.05) is 23.2 Å². The average molecular weight is 295 g/mol. The summed E-state index contributed by atoms with van der Waals surface area (Å²) >= 11 is 11.9. The molecule has 2 N–H and O–H groups in total. The third-order valence-corrected chi connectivity index (χ3v) is 3.01. The molecule has 0 saturated carbocycles. The number of hydrogen-bond donors (Lipinski definition) is 1. The molecule has 0 aliphatic rings. The summed E-state index contributed by atoms with van der Waals surface area (Å²) in [6.07, 6.45) is 5.03. The molecule has 0 aliphatic carbocycles. The number of ether oxygens (including phenoxy) is 1. The Bertz CT molecular complexity index is 757. The fourth-order valence-corrected chi connectivity index (χ4v) is 1.97. The summed E-state index contributed by atoms with van der Waals surface area (Å²) in [4.78, 5) is 8.26. The molecule has 0 fully saturated rings. The molecule has 3 rings (SSSR count). The fourth-order valence-electron chi connectivity index (χ4n) is 1.65. The Morgan fingerprint density at radius 2 is 2.11 bits per heavy atom. The minimum Gasteiger partial charge on any atom is -0.434 e. The second kappa shape index (κ2) is 4.60. The molecule has 0 spiro atoms. The standard InChI is InChI=1S/C12H8Cl2N4O/c13-7-1-2-8(14)9(5-7)19-12-11-16-3-4-18(11)6-10(15)17-12/h1-6H,15H2. The van der Waals surface area contributed by atoms with Gasteiger partial charge < -0.3 is 10.5 Å². The fraction of sp³-hybridized carbons (Fsp3) is 0. The molecule has 1 aromatic carbocycles. The van der Waals surface area contributed by atoms with E-state index in [1.54, 1.807) is 41.2 Å². The van der Waals surface area contributed by atoms with Gasteiger partial charge in [0.15, 0.2) is 0 Å². The molecule has 0 saturated heterocycles. The first-order chi connectivity index (χ1) is 9.13. The Morgan fingerprint density at radius 1 is 1.26 bits per heavy atom. The minimum absolute atomic E-state index is 0.272. The first kappa shape index (κ1) is 12.1. The van der Waals surface area contributed by atoms with Crippen molar-refractivity contribution in [2.75, 3.05) is 5.73 Å². The van der Waals surface area contributed by atoms with Gasteiger partial charge in [-0.25, -0.2) is 4.98 Å². The quantitative estimate of drug-likeness (QED) is 0.786. The predicted molar refractivity (Wildman–Crippen MR) is 73.9 cm³/mol. The van der Waals surface area contributed by atoms with E-state index in [-0.39, 0.29) is 5.88 Å². The number of anilines is 1. The second-order valence-electron chi connectivity index (χ2n) is 3.81. The number of halogens is 2. The molecule has 19 heavy (non-hydrogen) atoms. The zero-order valence-corrected chi connectivity index (χ0v) is 11.1. The Balaban J connectivity index is 2.10. The van der Waals surface area contributed by atoms with Crippen molar-refractivity contribution in [1.29, 1.82) is 0 Å². The molecule has 2 aromatic heterocycles. The lowest BCUT2D eigenvalue weighted by Gasteiger charge is -2.08. The number of nitrogens with two attached hydrogens (primary N) is 1. The van der Waals surface area contributed by atoms with Crippen LogP contribution in [0, 0.1) is 0 Å². The molecule has 0 unspecified atom stereocenters. The zero-order valence-electron chi connectivity index (χ0n) is 9.55. The van der Waals surface area contributed by atoms with E-state index in [4.69, 9.17) is 33.7 Å². The maximum absolute atomic E-state index is 6.04. The van der Waals surface area contributed by atoms with Crippen molar-refractivity contribution < 1.29 is 4.74 Å². The van der Waals surface area contributed by atoms with Crippen LogP contribution in [0.4, 0.5) is 5.82 Å². The monoisotopic (exact) mass is 294 g/mol. The average Bonchev–Trinajstić information content (AvgIpc) is 2.82. The summed E-state index contributed by atoms with van der Waals surface area (Å²) < 4.78 is 7.37. The van der Waals surface area contributed by atoms with Crippen molar-refractivity contribution in [3.63, 3.8) is 0 Å². The highest BCUT2D eigenvalue weighted by Crippen LogP contribution is 2.32. The maximum Gasteiger partial charge on any atom is 0.265 e. The van der Waals surface area contributed by atoms with Crippen molar-refractivity contribution in [1.82, 2.24) is 14.4 Å². The number of benzene rings is 1.